The molecular formula is C24H20Cl2F3N7O2. The van der Waals surface area contributed by atoms with Crippen molar-refractivity contribution < 1.29 is 22.8 Å². The molecule has 0 bridgehead atoms. The fourth-order valence-corrected chi connectivity index (χ4v) is 4.53. The van der Waals surface area contributed by atoms with Crippen LogP contribution in [0, 0.1) is 12.8 Å². The maximum atomic E-state index is 13.6. The average molecular weight is 566 g/mol. The van der Waals surface area contributed by atoms with Crippen LogP contribution in [0.2, 0.25) is 10.0 Å². The van der Waals surface area contributed by atoms with Gasteiger partial charge in [-0.15, -0.1) is 0 Å². The van der Waals surface area contributed by atoms with Gasteiger partial charge >= 0.3 is 6.18 Å². The summed E-state index contributed by atoms with van der Waals surface area (Å²) in [6.07, 6.45) is -1.54. The van der Waals surface area contributed by atoms with Crippen LogP contribution in [0.1, 0.15) is 45.2 Å². The van der Waals surface area contributed by atoms with Crippen molar-refractivity contribution in [3.63, 3.8) is 0 Å². The summed E-state index contributed by atoms with van der Waals surface area (Å²) in [5.41, 5.74) is -1.03. The Balaban J connectivity index is 1.61. The maximum Gasteiger partial charge on any atom is 0.435 e. The molecule has 1 aliphatic carbocycles. The number of nitrogens with zero attached hydrogens (tertiary/aromatic N) is 5. The van der Waals surface area contributed by atoms with Crippen molar-refractivity contribution >= 4 is 51.7 Å². The lowest BCUT2D eigenvalue weighted by atomic mass is 10.1. The number of benzene rings is 1. The monoisotopic (exact) mass is 565 g/mol. The molecule has 2 N–H and O–H groups in total. The zero-order valence-electron chi connectivity index (χ0n) is 20.0. The van der Waals surface area contributed by atoms with Crippen molar-refractivity contribution in [3.05, 3.63) is 63.3 Å². The molecule has 3 heterocycles. The topological polar surface area (TPSA) is 107 Å². The number of amides is 2. The van der Waals surface area contributed by atoms with Gasteiger partial charge in [0.25, 0.3) is 11.8 Å². The van der Waals surface area contributed by atoms with E-state index in [0.29, 0.717) is 40.1 Å². The van der Waals surface area contributed by atoms with Gasteiger partial charge in [-0.05, 0) is 43.9 Å². The molecule has 0 atom stereocenters. The van der Waals surface area contributed by atoms with Crippen molar-refractivity contribution in [2.45, 2.75) is 25.9 Å². The Morgan fingerprint density at radius 1 is 1.18 bits per heavy atom. The van der Waals surface area contributed by atoms with Gasteiger partial charge in [0.2, 0.25) is 0 Å². The number of hydrogen-bond acceptors (Lipinski definition) is 5. The zero-order chi connectivity index (χ0) is 27.4. The van der Waals surface area contributed by atoms with Crippen LogP contribution in [0.5, 0.6) is 0 Å². The molecule has 0 aliphatic heterocycles. The van der Waals surface area contributed by atoms with Crippen LogP contribution in [0.25, 0.3) is 16.9 Å². The smallest absolute Gasteiger partial charge is 0.352 e. The van der Waals surface area contributed by atoms with Crippen molar-refractivity contribution in [2.24, 2.45) is 13.0 Å². The molecule has 198 valence electrons. The molecule has 9 nitrogen and oxygen atoms in total. The number of halogens is 5. The molecule has 38 heavy (non-hydrogen) atoms. The first kappa shape index (κ1) is 26.0. The second-order valence-electron chi connectivity index (χ2n) is 8.94. The molecule has 4 aromatic rings. The fourth-order valence-electron chi connectivity index (χ4n) is 3.95. The summed E-state index contributed by atoms with van der Waals surface area (Å²) in [4.78, 5) is 35.0. The number of aromatic nitrogens is 5. The lowest BCUT2D eigenvalue weighted by molar-refractivity contribution is -0.141. The van der Waals surface area contributed by atoms with E-state index in [2.05, 4.69) is 25.7 Å². The largest absolute Gasteiger partial charge is 0.435 e. The van der Waals surface area contributed by atoms with E-state index in [9.17, 15) is 22.8 Å². The lowest BCUT2D eigenvalue weighted by Crippen LogP contribution is -2.27. The van der Waals surface area contributed by atoms with Crippen LogP contribution >= 0.6 is 23.2 Å². The Hall–Kier alpha value is -3.64. The summed E-state index contributed by atoms with van der Waals surface area (Å²) in [6.45, 7) is 2.19. The molecule has 5 rings (SSSR count). The Morgan fingerprint density at radius 2 is 1.92 bits per heavy atom. The van der Waals surface area contributed by atoms with Crippen LogP contribution < -0.4 is 10.6 Å². The standard InChI is InChI=1S/C24H20Cl2F3N7O2/c1-11-32-15-8-13(22(37)31-10-12-5-6-12)19(18(26)20(15)35(11)2)33-23(38)16-9-17(24(27,28)29)34-36(16)21-14(25)4-3-7-30-21/h3-4,7-9,12H,5-6,10H2,1-2H3,(H,31,37)(H,33,38). The molecule has 1 aromatic carbocycles. The number of anilines is 1. The molecule has 0 saturated heterocycles. The van der Waals surface area contributed by atoms with Crippen LogP contribution in [0.4, 0.5) is 18.9 Å². The van der Waals surface area contributed by atoms with E-state index in [0.717, 1.165) is 12.8 Å². The van der Waals surface area contributed by atoms with E-state index in [1.807, 2.05) is 0 Å². The van der Waals surface area contributed by atoms with Gasteiger partial charge in [0.15, 0.2) is 11.5 Å². The summed E-state index contributed by atoms with van der Waals surface area (Å²) in [6, 6.07) is 4.95. The highest BCUT2D eigenvalue weighted by Gasteiger charge is 2.37. The van der Waals surface area contributed by atoms with Crippen LogP contribution in [0.15, 0.2) is 30.5 Å². The van der Waals surface area contributed by atoms with Gasteiger partial charge in [0.05, 0.1) is 32.3 Å². The average Bonchev–Trinajstić information content (AvgIpc) is 3.50. The minimum Gasteiger partial charge on any atom is -0.352 e. The number of carbonyl (C=O) groups is 2. The predicted molar refractivity (Wildman–Crippen MR) is 135 cm³/mol. The third-order valence-electron chi connectivity index (χ3n) is 6.23. The van der Waals surface area contributed by atoms with Gasteiger partial charge in [-0.3, -0.25) is 9.59 Å². The number of fused-ring (bicyclic) bond motifs is 1. The number of alkyl halides is 3. The Bertz CT molecular complexity index is 1590. The van der Waals surface area contributed by atoms with E-state index >= 15 is 0 Å². The Morgan fingerprint density at radius 3 is 2.58 bits per heavy atom. The van der Waals surface area contributed by atoms with Gasteiger partial charge in [-0.2, -0.15) is 18.3 Å². The first-order valence-electron chi connectivity index (χ1n) is 11.5. The number of imidazole rings is 1. The van der Waals surface area contributed by atoms with Crippen LogP contribution in [0.3, 0.4) is 0 Å². The fraction of sp³-hybridized carbons (Fsp3) is 0.292. The molecular weight excluding hydrogens is 546 g/mol. The summed E-state index contributed by atoms with van der Waals surface area (Å²) < 4.78 is 43.0. The SMILES string of the molecule is Cc1nc2cc(C(=O)NCC3CC3)c(NC(=O)c3cc(C(F)(F)F)nn3-c3ncccc3Cl)c(Cl)c2n1C. The molecule has 1 saturated carbocycles. The van der Waals surface area contributed by atoms with Crippen molar-refractivity contribution in [1.82, 2.24) is 29.6 Å². The molecule has 0 unspecified atom stereocenters. The van der Waals surface area contributed by atoms with Gasteiger partial charge in [-0.25, -0.2) is 14.6 Å². The minimum absolute atomic E-state index is 0.00787. The quantitative estimate of drug-likeness (QED) is 0.335. The van der Waals surface area contributed by atoms with Gasteiger partial charge < -0.3 is 15.2 Å². The van der Waals surface area contributed by atoms with Gasteiger partial charge in [-0.1, -0.05) is 23.2 Å². The van der Waals surface area contributed by atoms with E-state index in [1.54, 1.807) is 18.5 Å². The first-order valence-corrected chi connectivity index (χ1v) is 12.2. The predicted octanol–water partition coefficient (Wildman–Crippen LogP) is 5.18. The summed E-state index contributed by atoms with van der Waals surface area (Å²) in [5.74, 6) is -0.706. The first-order chi connectivity index (χ1) is 18.0. The highest BCUT2D eigenvalue weighted by Crippen LogP contribution is 2.36. The molecule has 2 amide bonds. The van der Waals surface area contributed by atoms with E-state index < -0.39 is 29.4 Å². The molecule has 1 aliphatic rings. The second-order valence-corrected chi connectivity index (χ2v) is 9.72. The number of nitrogens with one attached hydrogen (secondary N) is 2. The van der Waals surface area contributed by atoms with Crippen LogP contribution in [-0.2, 0) is 13.2 Å². The van der Waals surface area contributed by atoms with E-state index in [1.165, 1.54) is 24.4 Å². The molecule has 0 radical (unpaired) electrons. The number of rotatable bonds is 6. The van der Waals surface area contributed by atoms with Gasteiger partial charge in [0, 0.05) is 25.9 Å². The third-order valence-corrected chi connectivity index (χ3v) is 6.89. The highest BCUT2D eigenvalue weighted by molar-refractivity contribution is 6.39. The summed E-state index contributed by atoms with van der Waals surface area (Å²) in [7, 11) is 1.71. The highest BCUT2D eigenvalue weighted by atomic mass is 35.5. The minimum atomic E-state index is -4.85. The van der Waals surface area contributed by atoms with Crippen molar-refractivity contribution in [3.8, 4) is 5.82 Å². The number of carbonyl (C=O) groups excluding carboxylic acids is 2. The molecule has 0 spiro atoms. The van der Waals surface area contributed by atoms with E-state index in [-0.39, 0.29) is 27.1 Å². The van der Waals surface area contributed by atoms with Crippen molar-refractivity contribution in [2.75, 3.05) is 11.9 Å². The van der Waals surface area contributed by atoms with Crippen molar-refractivity contribution in [1.29, 1.82) is 0 Å². The number of pyridine rings is 1. The lowest BCUT2D eigenvalue weighted by Gasteiger charge is -2.15. The summed E-state index contributed by atoms with van der Waals surface area (Å²) >= 11 is 12.8. The number of hydrogen-bond donors (Lipinski definition) is 2. The second kappa shape index (κ2) is 9.59. The maximum absolute atomic E-state index is 13.6. The number of aryl methyl sites for hydroxylation is 2. The van der Waals surface area contributed by atoms with E-state index in [4.69, 9.17) is 23.2 Å². The molecule has 3 aromatic heterocycles. The summed E-state index contributed by atoms with van der Waals surface area (Å²) in [5, 5.41) is 8.87. The van der Waals surface area contributed by atoms with Crippen LogP contribution in [-0.4, -0.2) is 42.7 Å². The molecule has 14 heteroatoms. The Kier molecular flexibility index (Phi) is 6.56. The third kappa shape index (κ3) is 4.81. The zero-order valence-corrected chi connectivity index (χ0v) is 21.5. The van der Waals surface area contributed by atoms with Gasteiger partial charge in [0.1, 0.15) is 11.5 Å². The Labute approximate surface area is 223 Å². The molecule has 1 fully saturated rings. The normalized spacial score (nSPS) is 13.7.